The van der Waals surface area contributed by atoms with E-state index in [9.17, 15) is 13.2 Å². The van der Waals surface area contributed by atoms with Gasteiger partial charge in [0, 0.05) is 39.3 Å². The first-order valence-electron chi connectivity index (χ1n) is 6.71. The lowest BCUT2D eigenvalue weighted by Gasteiger charge is -2.15. The Morgan fingerprint density at radius 2 is 2.13 bits per heavy atom. The topological polar surface area (TPSA) is 40.5 Å². The van der Waals surface area contributed by atoms with Gasteiger partial charge < -0.3 is 10.2 Å². The minimum atomic E-state index is -4.44. The van der Waals surface area contributed by atoms with Gasteiger partial charge in [-0.05, 0) is 23.8 Å². The van der Waals surface area contributed by atoms with E-state index in [1.807, 2.05) is 23.9 Å². The molecule has 1 aromatic rings. The zero-order valence-electron chi connectivity index (χ0n) is 13.1. The second-order valence-corrected chi connectivity index (χ2v) is 5.36. The van der Waals surface area contributed by atoms with Gasteiger partial charge in [0.1, 0.15) is 5.69 Å². The lowest BCUT2D eigenvalue weighted by Crippen LogP contribution is -2.13. The summed E-state index contributed by atoms with van der Waals surface area (Å²) >= 11 is 1.58. The third-order valence-corrected chi connectivity index (χ3v) is 3.00. The fourth-order valence-electron chi connectivity index (χ4n) is 1.54. The number of rotatable bonds is 7. The third kappa shape index (κ3) is 6.77. The highest BCUT2D eigenvalue weighted by atomic mass is 32.2. The van der Waals surface area contributed by atoms with E-state index in [0.717, 1.165) is 12.3 Å². The second kappa shape index (κ2) is 9.24. The molecule has 0 aliphatic carbocycles. The number of alkyl halides is 3. The Morgan fingerprint density at radius 1 is 1.39 bits per heavy atom. The molecule has 0 unspecified atom stereocenters. The van der Waals surface area contributed by atoms with Gasteiger partial charge in [0.2, 0.25) is 0 Å². The van der Waals surface area contributed by atoms with E-state index in [-0.39, 0.29) is 5.69 Å². The molecule has 0 atom stereocenters. The molecule has 23 heavy (non-hydrogen) atoms. The molecule has 0 amide bonds. The fraction of sp³-hybridized carbons (Fsp3) is 0.333. The molecule has 8 heteroatoms. The molecule has 126 valence electrons. The van der Waals surface area contributed by atoms with E-state index in [2.05, 4.69) is 15.3 Å². The SMILES string of the molecule is CS/C=C/NC/C=C/C=Nc1cc(C(F)(F)F)cnc1N(C)C. The predicted molar refractivity (Wildman–Crippen MR) is 91.5 cm³/mol. The zero-order chi connectivity index (χ0) is 17.3. The van der Waals surface area contributed by atoms with Gasteiger partial charge in [-0.3, -0.25) is 4.99 Å². The van der Waals surface area contributed by atoms with Crippen molar-refractivity contribution in [2.24, 2.45) is 4.99 Å². The van der Waals surface area contributed by atoms with Crippen LogP contribution in [0, 0.1) is 0 Å². The molecule has 0 aliphatic rings. The number of hydrogen-bond acceptors (Lipinski definition) is 5. The summed E-state index contributed by atoms with van der Waals surface area (Å²) in [5.74, 6) is 0.378. The first-order chi connectivity index (χ1) is 10.9. The summed E-state index contributed by atoms with van der Waals surface area (Å²) in [4.78, 5) is 9.52. The molecule has 0 bridgehead atoms. The Labute approximate surface area is 138 Å². The van der Waals surface area contributed by atoms with Crippen molar-refractivity contribution in [3.63, 3.8) is 0 Å². The molecule has 0 radical (unpaired) electrons. The molecule has 0 saturated heterocycles. The van der Waals surface area contributed by atoms with Crippen molar-refractivity contribution in [3.05, 3.63) is 41.6 Å². The predicted octanol–water partition coefficient (Wildman–Crippen LogP) is 3.85. The summed E-state index contributed by atoms with van der Waals surface area (Å²) < 4.78 is 38.3. The number of nitrogens with zero attached hydrogens (tertiary/aromatic N) is 3. The lowest BCUT2D eigenvalue weighted by atomic mass is 10.2. The van der Waals surface area contributed by atoms with Crippen molar-refractivity contribution < 1.29 is 13.2 Å². The van der Waals surface area contributed by atoms with Crippen LogP contribution in [0.3, 0.4) is 0 Å². The maximum atomic E-state index is 12.8. The minimum Gasteiger partial charge on any atom is -0.387 e. The average molecular weight is 344 g/mol. The molecule has 0 spiro atoms. The van der Waals surface area contributed by atoms with Crippen molar-refractivity contribution in [2.75, 3.05) is 31.8 Å². The summed E-state index contributed by atoms with van der Waals surface area (Å²) in [5, 5.41) is 4.93. The summed E-state index contributed by atoms with van der Waals surface area (Å²) in [6, 6.07) is 0.992. The van der Waals surface area contributed by atoms with Crippen molar-refractivity contribution in [3.8, 4) is 0 Å². The molecular formula is C15H19F3N4S. The van der Waals surface area contributed by atoms with E-state index < -0.39 is 11.7 Å². The van der Waals surface area contributed by atoms with Gasteiger partial charge in [0.25, 0.3) is 0 Å². The monoisotopic (exact) mass is 344 g/mol. The molecule has 1 aromatic heterocycles. The zero-order valence-corrected chi connectivity index (χ0v) is 13.9. The summed E-state index contributed by atoms with van der Waals surface area (Å²) in [5.41, 5.74) is -0.646. The average Bonchev–Trinajstić information content (AvgIpc) is 2.48. The van der Waals surface area contributed by atoms with Crippen LogP contribution in [-0.4, -0.2) is 38.1 Å². The van der Waals surface area contributed by atoms with Gasteiger partial charge in [-0.25, -0.2) is 4.98 Å². The van der Waals surface area contributed by atoms with E-state index in [0.29, 0.717) is 12.4 Å². The van der Waals surface area contributed by atoms with Gasteiger partial charge in [-0.1, -0.05) is 6.08 Å². The first kappa shape index (κ1) is 19.1. The highest BCUT2D eigenvalue weighted by Crippen LogP contribution is 2.34. The number of hydrogen-bond donors (Lipinski definition) is 1. The molecule has 1 rings (SSSR count). The second-order valence-electron chi connectivity index (χ2n) is 4.61. The van der Waals surface area contributed by atoms with Gasteiger partial charge in [0.05, 0.1) is 5.56 Å². The smallest absolute Gasteiger partial charge is 0.387 e. The highest BCUT2D eigenvalue weighted by Gasteiger charge is 2.31. The van der Waals surface area contributed by atoms with Crippen molar-refractivity contribution in [1.82, 2.24) is 10.3 Å². The van der Waals surface area contributed by atoms with Gasteiger partial charge in [-0.2, -0.15) is 13.2 Å². The van der Waals surface area contributed by atoms with Crippen LogP contribution in [0.1, 0.15) is 5.56 Å². The number of allylic oxidation sites excluding steroid dienone is 1. The van der Waals surface area contributed by atoms with Crippen LogP contribution in [0.2, 0.25) is 0 Å². The number of thioether (sulfide) groups is 1. The van der Waals surface area contributed by atoms with Crippen LogP contribution >= 0.6 is 11.8 Å². The first-order valence-corrected chi connectivity index (χ1v) is 8.00. The number of nitrogens with one attached hydrogen (secondary N) is 1. The number of pyridine rings is 1. The van der Waals surface area contributed by atoms with Gasteiger partial charge >= 0.3 is 6.18 Å². The fourth-order valence-corrected chi connectivity index (χ4v) is 1.78. The largest absolute Gasteiger partial charge is 0.417 e. The van der Waals surface area contributed by atoms with E-state index in [1.54, 1.807) is 36.8 Å². The summed E-state index contributed by atoms with van der Waals surface area (Å²) in [7, 11) is 3.40. The summed E-state index contributed by atoms with van der Waals surface area (Å²) in [6.07, 6.45) is 5.06. The van der Waals surface area contributed by atoms with Crippen LogP contribution in [0.4, 0.5) is 24.7 Å². The quantitative estimate of drug-likeness (QED) is 0.602. The number of halogens is 3. The van der Waals surface area contributed by atoms with Crippen LogP contribution in [0.5, 0.6) is 0 Å². The van der Waals surface area contributed by atoms with E-state index in [1.165, 1.54) is 6.21 Å². The lowest BCUT2D eigenvalue weighted by molar-refractivity contribution is -0.137. The number of aliphatic imine (C=N–C) groups is 1. The Hall–Kier alpha value is -1.96. The van der Waals surface area contributed by atoms with Crippen molar-refractivity contribution in [2.45, 2.75) is 6.18 Å². The Balaban J connectivity index is 2.82. The molecule has 0 aromatic carbocycles. The molecule has 4 nitrogen and oxygen atoms in total. The maximum absolute atomic E-state index is 12.8. The molecule has 1 heterocycles. The molecule has 1 N–H and O–H groups in total. The maximum Gasteiger partial charge on any atom is 0.417 e. The molecule has 0 saturated carbocycles. The Bertz CT molecular complexity index is 581. The van der Waals surface area contributed by atoms with E-state index in [4.69, 9.17) is 0 Å². The number of aromatic nitrogens is 1. The van der Waals surface area contributed by atoms with E-state index >= 15 is 0 Å². The van der Waals surface area contributed by atoms with Gasteiger partial charge in [0.15, 0.2) is 5.82 Å². The van der Waals surface area contributed by atoms with Gasteiger partial charge in [-0.15, -0.1) is 11.8 Å². The standard InChI is InChI=1S/C15H19F3N4S/c1-22(2)14-13(10-12(11-21-14)15(16,17)18)20-7-5-4-6-19-8-9-23-3/h4-5,7-11,19H,6H2,1-3H3/b5-4+,9-8+,20-7?. The normalized spacial score (nSPS) is 12.6. The Kier molecular flexibility index (Phi) is 7.67. The van der Waals surface area contributed by atoms with Crippen LogP contribution in [0.25, 0.3) is 0 Å². The summed E-state index contributed by atoms with van der Waals surface area (Å²) in [6.45, 7) is 0.602. The molecular weight excluding hydrogens is 325 g/mol. The van der Waals surface area contributed by atoms with Crippen LogP contribution < -0.4 is 10.2 Å². The number of anilines is 1. The molecule has 0 aliphatic heterocycles. The third-order valence-electron chi connectivity index (χ3n) is 2.59. The Morgan fingerprint density at radius 3 is 2.74 bits per heavy atom. The highest BCUT2D eigenvalue weighted by molar-refractivity contribution is 8.01. The van der Waals surface area contributed by atoms with Crippen molar-refractivity contribution >= 4 is 29.5 Å². The van der Waals surface area contributed by atoms with Crippen LogP contribution in [0.15, 0.2) is 41.0 Å². The van der Waals surface area contributed by atoms with Crippen molar-refractivity contribution in [1.29, 1.82) is 0 Å². The molecule has 0 fully saturated rings. The van der Waals surface area contributed by atoms with Crippen LogP contribution in [-0.2, 0) is 6.18 Å². The minimum absolute atomic E-state index is 0.171.